The largest absolute Gasteiger partial charge is 0.416 e. The number of hydrogen-bond acceptors (Lipinski definition) is 5. The smallest absolute Gasteiger partial charge is 0.346 e. The standard InChI is InChI=1S/C20H17F6N3OS2/c21-19(22,23)11-1-6-14(15(7-11)29-32-13-4-2-12(31-27)3-5-13)16(30)28-18-8-17(9-18,10-18)20(24,25)26/h1-7,29H,8-10,27H2,(H,28,30). The number of amides is 1. The number of carbonyl (C=O) groups is 1. The zero-order chi connectivity index (χ0) is 23.4. The normalized spacial score (nSPS) is 24.3. The van der Waals surface area contributed by atoms with Crippen LogP contribution in [-0.4, -0.2) is 17.6 Å². The third kappa shape index (κ3) is 4.15. The van der Waals surface area contributed by atoms with Crippen molar-refractivity contribution in [1.82, 2.24) is 5.32 Å². The van der Waals surface area contributed by atoms with Crippen LogP contribution in [-0.2, 0) is 6.18 Å². The molecule has 1 amide bonds. The van der Waals surface area contributed by atoms with Crippen LogP contribution in [0.5, 0.6) is 0 Å². The predicted molar refractivity (Wildman–Crippen MR) is 110 cm³/mol. The average molecular weight is 493 g/mol. The van der Waals surface area contributed by atoms with E-state index < -0.39 is 34.8 Å². The first-order valence-electron chi connectivity index (χ1n) is 9.37. The molecule has 3 aliphatic carbocycles. The quantitative estimate of drug-likeness (QED) is 0.340. The van der Waals surface area contributed by atoms with E-state index in [-0.39, 0.29) is 30.5 Å². The van der Waals surface area contributed by atoms with Gasteiger partial charge in [-0.1, -0.05) is 0 Å². The lowest BCUT2D eigenvalue weighted by molar-refractivity contribution is -0.336. The van der Waals surface area contributed by atoms with Crippen molar-refractivity contribution in [2.75, 3.05) is 4.72 Å². The van der Waals surface area contributed by atoms with Crippen molar-refractivity contribution < 1.29 is 31.1 Å². The van der Waals surface area contributed by atoms with E-state index in [1.165, 1.54) is 0 Å². The molecule has 2 bridgehead atoms. The molecule has 0 unspecified atom stereocenters. The molecule has 0 spiro atoms. The van der Waals surface area contributed by atoms with Crippen LogP contribution in [0.15, 0.2) is 52.3 Å². The van der Waals surface area contributed by atoms with E-state index in [0.29, 0.717) is 4.90 Å². The highest BCUT2D eigenvalue weighted by Crippen LogP contribution is 2.73. The zero-order valence-corrected chi connectivity index (χ0v) is 17.9. The maximum atomic E-state index is 13.2. The Morgan fingerprint density at radius 3 is 2.06 bits per heavy atom. The van der Waals surface area contributed by atoms with Gasteiger partial charge in [-0.2, -0.15) is 26.3 Å². The first kappa shape index (κ1) is 23.1. The molecular weight excluding hydrogens is 476 g/mol. The number of anilines is 1. The maximum Gasteiger partial charge on any atom is 0.416 e. The zero-order valence-electron chi connectivity index (χ0n) is 16.2. The minimum Gasteiger partial charge on any atom is -0.346 e. The summed E-state index contributed by atoms with van der Waals surface area (Å²) in [5.41, 5.74) is -3.81. The van der Waals surface area contributed by atoms with Gasteiger partial charge in [0.15, 0.2) is 0 Å². The van der Waals surface area contributed by atoms with Gasteiger partial charge in [0, 0.05) is 15.3 Å². The molecule has 3 fully saturated rings. The maximum absolute atomic E-state index is 13.2. The third-order valence-corrected chi connectivity index (χ3v) is 7.21. The molecule has 172 valence electrons. The van der Waals surface area contributed by atoms with Gasteiger partial charge >= 0.3 is 12.4 Å². The first-order chi connectivity index (χ1) is 14.9. The summed E-state index contributed by atoms with van der Waals surface area (Å²) in [6.07, 6.45) is -9.57. The molecule has 0 aliphatic heterocycles. The third-order valence-electron chi connectivity index (χ3n) is 5.84. The van der Waals surface area contributed by atoms with Gasteiger partial charge in [0.05, 0.1) is 22.2 Å². The summed E-state index contributed by atoms with van der Waals surface area (Å²) < 4.78 is 81.5. The summed E-state index contributed by atoms with van der Waals surface area (Å²) in [4.78, 5) is 14.2. The lowest BCUT2D eigenvalue weighted by Gasteiger charge is -2.70. The minimum absolute atomic E-state index is 0.0783. The fourth-order valence-electron chi connectivity index (χ4n) is 4.23. The van der Waals surface area contributed by atoms with Gasteiger partial charge in [0.2, 0.25) is 0 Å². The van der Waals surface area contributed by atoms with Crippen LogP contribution in [0.4, 0.5) is 32.0 Å². The first-order valence-corrected chi connectivity index (χ1v) is 11.1. The molecule has 2 aromatic carbocycles. The fourth-order valence-corrected chi connectivity index (χ4v) is 5.19. The van der Waals surface area contributed by atoms with E-state index in [4.69, 9.17) is 5.14 Å². The average Bonchev–Trinajstić information content (AvgIpc) is 2.66. The number of alkyl halides is 6. The van der Waals surface area contributed by atoms with Gasteiger partial charge in [-0.05, 0) is 85.6 Å². The van der Waals surface area contributed by atoms with E-state index in [9.17, 15) is 31.1 Å². The molecule has 0 atom stereocenters. The number of hydrogen-bond donors (Lipinski definition) is 3. The van der Waals surface area contributed by atoms with Crippen molar-refractivity contribution in [2.24, 2.45) is 10.6 Å². The van der Waals surface area contributed by atoms with E-state index in [2.05, 4.69) is 10.0 Å². The predicted octanol–water partition coefficient (Wildman–Crippen LogP) is 6.01. The number of nitrogens with one attached hydrogen (secondary N) is 2. The van der Waals surface area contributed by atoms with E-state index in [1.54, 1.807) is 24.3 Å². The number of benzene rings is 2. The summed E-state index contributed by atoms with van der Waals surface area (Å²) in [6, 6.07) is 9.49. The van der Waals surface area contributed by atoms with Crippen molar-refractivity contribution in [3.05, 3.63) is 53.6 Å². The summed E-state index contributed by atoms with van der Waals surface area (Å²) in [7, 11) is 0. The topological polar surface area (TPSA) is 67.1 Å². The molecule has 0 aromatic heterocycles. The lowest BCUT2D eigenvalue weighted by atomic mass is 9.39. The Bertz CT molecular complexity index is 1020. The molecule has 12 heteroatoms. The van der Waals surface area contributed by atoms with Crippen LogP contribution in [0.25, 0.3) is 0 Å². The molecule has 4 N–H and O–H groups in total. The summed E-state index contributed by atoms with van der Waals surface area (Å²) >= 11 is 2.04. The van der Waals surface area contributed by atoms with Crippen LogP contribution in [0.1, 0.15) is 35.2 Å². The van der Waals surface area contributed by atoms with Gasteiger partial charge in [0.25, 0.3) is 5.91 Å². The molecule has 0 heterocycles. The lowest BCUT2D eigenvalue weighted by Crippen LogP contribution is -2.78. The SMILES string of the molecule is NSc1ccc(SNc2cc(C(F)(F)F)ccc2C(=O)NC23CC(C(F)(F)F)(C2)C3)cc1. The monoisotopic (exact) mass is 493 g/mol. The molecule has 3 saturated carbocycles. The number of carbonyl (C=O) groups excluding carboxylic acids is 1. The van der Waals surface area contributed by atoms with E-state index in [1.807, 2.05) is 0 Å². The van der Waals surface area contributed by atoms with Gasteiger partial charge in [-0.15, -0.1) is 0 Å². The second kappa shape index (κ2) is 7.77. The molecule has 32 heavy (non-hydrogen) atoms. The highest BCUT2D eigenvalue weighted by molar-refractivity contribution is 8.00. The van der Waals surface area contributed by atoms with Gasteiger partial charge in [-0.3, -0.25) is 9.93 Å². The Kier molecular flexibility index (Phi) is 5.61. The second-order valence-corrected chi connectivity index (χ2v) is 9.68. The van der Waals surface area contributed by atoms with Crippen LogP contribution in [0, 0.1) is 5.41 Å². The molecular formula is C20H17F6N3OS2. The number of rotatable bonds is 6. The van der Waals surface area contributed by atoms with Crippen LogP contribution >= 0.6 is 23.9 Å². The van der Waals surface area contributed by atoms with Crippen molar-refractivity contribution in [1.29, 1.82) is 0 Å². The fraction of sp³-hybridized carbons (Fsp3) is 0.350. The van der Waals surface area contributed by atoms with Crippen LogP contribution in [0.3, 0.4) is 0 Å². The van der Waals surface area contributed by atoms with Gasteiger partial charge < -0.3 is 10.0 Å². The summed E-state index contributed by atoms with van der Waals surface area (Å²) in [5, 5.41) is 8.06. The molecule has 4 nitrogen and oxygen atoms in total. The molecule has 3 aliphatic rings. The summed E-state index contributed by atoms with van der Waals surface area (Å²) in [6.45, 7) is 0. The van der Waals surface area contributed by atoms with Gasteiger partial charge in [-0.25, -0.2) is 0 Å². The Hall–Kier alpha value is -2.05. The van der Waals surface area contributed by atoms with Crippen molar-refractivity contribution in [2.45, 2.75) is 46.9 Å². The van der Waals surface area contributed by atoms with Crippen molar-refractivity contribution in [3.8, 4) is 0 Å². The van der Waals surface area contributed by atoms with Crippen molar-refractivity contribution in [3.63, 3.8) is 0 Å². The number of nitrogens with two attached hydrogens (primary N) is 1. The molecule has 5 rings (SSSR count). The Labute approximate surface area is 188 Å². The van der Waals surface area contributed by atoms with E-state index in [0.717, 1.165) is 47.0 Å². The Morgan fingerprint density at radius 1 is 0.938 bits per heavy atom. The summed E-state index contributed by atoms with van der Waals surface area (Å²) in [5.74, 6) is -0.716. The second-order valence-electron chi connectivity index (χ2n) is 8.09. The molecule has 0 saturated heterocycles. The highest BCUT2D eigenvalue weighted by atomic mass is 32.2. The minimum atomic E-state index is -4.62. The Morgan fingerprint density at radius 2 is 1.53 bits per heavy atom. The van der Waals surface area contributed by atoms with Gasteiger partial charge in [0.1, 0.15) is 0 Å². The molecule has 0 radical (unpaired) electrons. The highest BCUT2D eigenvalue weighted by Gasteiger charge is 2.79. The Balaban J connectivity index is 1.51. The molecule has 2 aromatic rings. The number of halogens is 6. The van der Waals surface area contributed by atoms with Crippen LogP contribution < -0.4 is 15.2 Å². The van der Waals surface area contributed by atoms with Crippen LogP contribution in [0.2, 0.25) is 0 Å². The van der Waals surface area contributed by atoms with Crippen molar-refractivity contribution >= 4 is 35.5 Å². The van der Waals surface area contributed by atoms with E-state index >= 15 is 0 Å².